The quantitative estimate of drug-likeness (QED) is 0.559. The van der Waals surface area contributed by atoms with E-state index in [4.69, 9.17) is 4.74 Å². The molecule has 2 aromatic rings. The predicted molar refractivity (Wildman–Crippen MR) is 123 cm³/mol. The van der Waals surface area contributed by atoms with Crippen molar-refractivity contribution in [1.82, 2.24) is 15.5 Å². The number of aryl methyl sites for hydroxylation is 3. The Kier molecular flexibility index (Phi) is 7.01. The molecule has 0 saturated carbocycles. The van der Waals surface area contributed by atoms with E-state index in [9.17, 15) is 19.2 Å². The third kappa shape index (κ3) is 5.68. The molecule has 3 N–H and O–H groups in total. The fourth-order valence-electron chi connectivity index (χ4n) is 3.66. The molecule has 174 valence electrons. The Bertz CT molecular complexity index is 1080. The fraction of sp³-hybridized carbons (Fsp3) is 0.333. The number of amides is 6. The first kappa shape index (κ1) is 23.8. The molecule has 1 aliphatic rings. The zero-order valence-corrected chi connectivity index (χ0v) is 19.2. The maximum atomic E-state index is 12.9. The van der Waals surface area contributed by atoms with Crippen molar-refractivity contribution in [3.05, 3.63) is 59.2 Å². The van der Waals surface area contributed by atoms with Crippen LogP contribution in [0, 0.1) is 13.8 Å². The van der Waals surface area contributed by atoms with E-state index in [1.165, 1.54) is 0 Å². The van der Waals surface area contributed by atoms with Gasteiger partial charge in [-0.2, -0.15) is 0 Å². The first-order valence-electron chi connectivity index (χ1n) is 10.6. The second-order valence-electron chi connectivity index (χ2n) is 8.32. The molecule has 1 saturated heterocycles. The average Bonchev–Trinajstić information content (AvgIpc) is 2.98. The minimum atomic E-state index is -1.14. The molecule has 0 aliphatic carbocycles. The second kappa shape index (κ2) is 9.72. The van der Waals surface area contributed by atoms with Gasteiger partial charge in [0, 0.05) is 5.69 Å². The van der Waals surface area contributed by atoms with Crippen LogP contribution in [0.15, 0.2) is 42.5 Å². The van der Waals surface area contributed by atoms with Gasteiger partial charge in [-0.15, -0.1) is 0 Å². The molecule has 3 rings (SSSR count). The summed E-state index contributed by atoms with van der Waals surface area (Å²) < 4.78 is 5.14. The highest BCUT2D eigenvalue weighted by Gasteiger charge is 2.47. The monoisotopic (exact) mass is 452 g/mol. The number of urea groups is 2. The van der Waals surface area contributed by atoms with E-state index in [1.807, 2.05) is 50.2 Å². The first-order valence-corrected chi connectivity index (χ1v) is 10.6. The van der Waals surface area contributed by atoms with Crippen LogP contribution in [0.25, 0.3) is 0 Å². The Morgan fingerprint density at radius 1 is 1.09 bits per heavy atom. The Morgan fingerprint density at radius 3 is 2.42 bits per heavy atom. The van der Waals surface area contributed by atoms with Crippen molar-refractivity contribution in [2.45, 2.75) is 39.2 Å². The van der Waals surface area contributed by atoms with Gasteiger partial charge in [0.1, 0.15) is 17.8 Å². The van der Waals surface area contributed by atoms with Crippen LogP contribution in [0.1, 0.15) is 30.0 Å². The number of nitrogens with one attached hydrogen (secondary N) is 3. The lowest BCUT2D eigenvalue weighted by Crippen LogP contribution is -2.46. The van der Waals surface area contributed by atoms with Crippen molar-refractivity contribution in [2.24, 2.45) is 0 Å². The standard InChI is InChI=1S/C24H28N4O5/c1-15-5-10-19(16(2)13-15)25-22(31)26-20(29)14-28-21(30)24(3,27-23(28)32)12-11-17-6-8-18(33-4)9-7-17/h5-10,13H,11-12,14H2,1-4H3,(H,27,32)(H2,25,26,29,31)/t24-/m0/s1. The molecule has 0 spiro atoms. The van der Waals surface area contributed by atoms with Crippen molar-refractivity contribution in [3.8, 4) is 5.75 Å². The van der Waals surface area contributed by atoms with Gasteiger partial charge in [0.15, 0.2) is 0 Å². The maximum absolute atomic E-state index is 12.9. The highest BCUT2D eigenvalue weighted by atomic mass is 16.5. The first-order chi connectivity index (χ1) is 15.6. The van der Waals surface area contributed by atoms with Gasteiger partial charge >= 0.3 is 12.1 Å². The number of nitrogens with zero attached hydrogens (tertiary/aromatic N) is 1. The number of hydrogen-bond donors (Lipinski definition) is 3. The minimum absolute atomic E-state index is 0.356. The van der Waals surface area contributed by atoms with Crippen LogP contribution in [0.4, 0.5) is 15.3 Å². The number of hydrogen-bond acceptors (Lipinski definition) is 5. The maximum Gasteiger partial charge on any atom is 0.325 e. The molecule has 0 bridgehead atoms. The van der Waals surface area contributed by atoms with Crippen molar-refractivity contribution < 1.29 is 23.9 Å². The van der Waals surface area contributed by atoms with Gasteiger partial charge in [-0.25, -0.2) is 9.59 Å². The number of imide groups is 2. The summed E-state index contributed by atoms with van der Waals surface area (Å²) in [6.07, 6.45) is 0.903. The molecule has 1 fully saturated rings. The number of carbonyl (C=O) groups excluding carboxylic acids is 4. The molecular weight excluding hydrogens is 424 g/mol. The van der Waals surface area contributed by atoms with Crippen molar-refractivity contribution in [1.29, 1.82) is 0 Å². The smallest absolute Gasteiger partial charge is 0.325 e. The molecule has 9 heteroatoms. The van der Waals surface area contributed by atoms with E-state index >= 15 is 0 Å². The molecule has 2 aromatic carbocycles. The number of rotatable bonds is 7. The third-order valence-electron chi connectivity index (χ3n) is 5.60. The van der Waals surface area contributed by atoms with Gasteiger partial charge in [0.25, 0.3) is 5.91 Å². The summed E-state index contributed by atoms with van der Waals surface area (Å²) in [5, 5.41) is 7.42. The number of benzene rings is 2. The molecule has 9 nitrogen and oxygen atoms in total. The lowest BCUT2D eigenvalue weighted by Gasteiger charge is -2.21. The lowest BCUT2D eigenvalue weighted by molar-refractivity contribution is -0.134. The van der Waals surface area contributed by atoms with E-state index in [2.05, 4.69) is 16.0 Å². The Morgan fingerprint density at radius 2 is 1.79 bits per heavy atom. The van der Waals surface area contributed by atoms with Crippen LogP contribution in [0.5, 0.6) is 5.75 Å². The number of ether oxygens (including phenoxy) is 1. The molecule has 1 heterocycles. The molecule has 33 heavy (non-hydrogen) atoms. The fourth-order valence-corrected chi connectivity index (χ4v) is 3.66. The van der Waals surface area contributed by atoms with Crippen LogP contribution in [-0.4, -0.2) is 48.0 Å². The van der Waals surface area contributed by atoms with E-state index in [0.717, 1.165) is 27.3 Å². The average molecular weight is 453 g/mol. The van der Waals surface area contributed by atoms with Crippen LogP contribution in [-0.2, 0) is 16.0 Å². The molecule has 1 atom stereocenters. The number of carbonyl (C=O) groups is 4. The third-order valence-corrected chi connectivity index (χ3v) is 5.60. The van der Waals surface area contributed by atoms with Crippen LogP contribution < -0.4 is 20.7 Å². The Hall–Kier alpha value is -3.88. The highest BCUT2D eigenvalue weighted by Crippen LogP contribution is 2.24. The molecule has 0 radical (unpaired) electrons. The van der Waals surface area contributed by atoms with Crippen molar-refractivity contribution in [3.63, 3.8) is 0 Å². The summed E-state index contributed by atoms with van der Waals surface area (Å²) >= 11 is 0. The zero-order chi connectivity index (χ0) is 24.2. The lowest BCUT2D eigenvalue weighted by atomic mass is 9.93. The largest absolute Gasteiger partial charge is 0.497 e. The molecule has 1 aliphatic heterocycles. The SMILES string of the molecule is COc1ccc(CC[C@]2(C)NC(=O)N(CC(=O)NC(=O)Nc3ccc(C)cc3C)C2=O)cc1. The van der Waals surface area contributed by atoms with Crippen molar-refractivity contribution in [2.75, 3.05) is 19.0 Å². The van der Waals surface area contributed by atoms with E-state index in [-0.39, 0.29) is 0 Å². The van der Waals surface area contributed by atoms with Crippen LogP contribution in [0.2, 0.25) is 0 Å². The highest BCUT2D eigenvalue weighted by molar-refractivity contribution is 6.10. The van der Waals surface area contributed by atoms with Crippen LogP contribution in [0.3, 0.4) is 0 Å². The van der Waals surface area contributed by atoms with Gasteiger partial charge in [-0.1, -0.05) is 29.8 Å². The Labute approximate surface area is 192 Å². The predicted octanol–water partition coefficient (Wildman–Crippen LogP) is 2.90. The summed E-state index contributed by atoms with van der Waals surface area (Å²) in [6.45, 7) is 4.85. The summed E-state index contributed by atoms with van der Waals surface area (Å²) in [6, 6.07) is 11.5. The summed E-state index contributed by atoms with van der Waals surface area (Å²) in [5.74, 6) is -0.542. The van der Waals surface area contributed by atoms with E-state index in [1.54, 1.807) is 20.1 Å². The van der Waals surface area contributed by atoms with Crippen LogP contribution >= 0.6 is 0 Å². The normalized spacial score (nSPS) is 17.5. The van der Waals surface area contributed by atoms with Gasteiger partial charge < -0.3 is 15.4 Å². The van der Waals surface area contributed by atoms with E-state index in [0.29, 0.717) is 18.5 Å². The zero-order valence-electron chi connectivity index (χ0n) is 19.2. The van der Waals surface area contributed by atoms with E-state index < -0.39 is 36.0 Å². The summed E-state index contributed by atoms with van der Waals surface area (Å²) in [4.78, 5) is 50.6. The molecule has 0 unspecified atom stereocenters. The topological polar surface area (TPSA) is 117 Å². The van der Waals surface area contributed by atoms with Gasteiger partial charge in [0.2, 0.25) is 5.91 Å². The molecule has 6 amide bonds. The van der Waals surface area contributed by atoms with Gasteiger partial charge in [-0.05, 0) is 62.9 Å². The van der Waals surface area contributed by atoms with Crippen molar-refractivity contribution >= 4 is 29.6 Å². The van der Waals surface area contributed by atoms with Gasteiger partial charge in [0.05, 0.1) is 7.11 Å². The number of anilines is 1. The second-order valence-corrected chi connectivity index (χ2v) is 8.32. The summed E-state index contributed by atoms with van der Waals surface area (Å²) in [7, 11) is 1.58. The Balaban J connectivity index is 1.55. The summed E-state index contributed by atoms with van der Waals surface area (Å²) in [5.41, 5.74) is 2.30. The van der Waals surface area contributed by atoms with Gasteiger partial charge in [-0.3, -0.25) is 19.8 Å². The minimum Gasteiger partial charge on any atom is -0.497 e. The molecule has 0 aromatic heterocycles. The molecular formula is C24H28N4O5. The number of methoxy groups -OCH3 is 1.